The van der Waals surface area contributed by atoms with E-state index >= 15 is 0 Å². The Morgan fingerprint density at radius 1 is 0.403 bits per heavy atom. The summed E-state index contributed by atoms with van der Waals surface area (Å²) in [4.78, 5) is 147. The maximum absolute atomic E-state index is 14.5. The number of nitrogens with one attached hydrogen (secondary N) is 6. The molecule has 5 unspecified atom stereocenters. The third-order valence-corrected chi connectivity index (χ3v) is 9.86. The number of aliphatic hydroxyl groups excluding tert-OH is 1. The number of carbonyl (C=O) groups excluding carboxylic acids is 11. The van der Waals surface area contributed by atoms with Crippen LogP contribution in [0, 0.1) is 0 Å². The van der Waals surface area contributed by atoms with Crippen molar-refractivity contribution in [2.24, 2.45) is 0 Å². The summed E-state index contributed by atoms with van der Waals surface area (Å²) in [5, 5.41) is 24.6. The van der Waals surface area contributed by atoms with Crippen molar-refractivity contribution in [1.29, 1.82) is 0 Å². The van der Waals surface area contributed by atoms with Crippen LogP contribution in [0.25, 0.3) is 0 Å². The normalized spacial score (nSPS) is 13.9. The Kier molecular flexibility index (Phi) is 30.6. The second-order valence-electron chi connectivity index (χ2n) is 23.5. The van der Waals surface area contributed by atoms with Gasteiger partial charge in [-0.1, -0.05) is 13.3 Å². The number of rotatable bonds is 31. The van der Waals surface area contributed by atoms with E-state index in [2.05, 4.69) is 31.9 Å². The number of amides is 6. The minimum atomic E-state index is -1.72. The van der Waals surface area contributed by atoms with Gasteiger partial charge in [0.1, 0.15) is 64.8 Å². The lowest BCUT2D eigenvalue weighted by Crippen LogP contribution is -2.58. The summed E-state index contributed by atoms with van der Waals surface area (Å²) in [5.41, 5.74) is -4.56. The molecule has 6 amide bonds. The Morgan fingerprint density at radius 3 is 1.18 bits per heavy atom. The van der Waals surface area contributed by atoms with Crippen LogP contribution < -0.4 is 31.9 Å². The molecule has 0 fully saturated rings. The second kappa shape index (κ2) is 33.3. The molecular weight excluding hydrogens is 1010 g/mol. The van der Waals surface area contributed by atoms with Crippen LogP contribution in [0.3, 0.4) is 0 Å². The van der Waals surface area contributed by atoms with Crippen molar-refractivity contribution >= 4 is 65.5 Å². The van der Waals surface area contributed by atoms with E-state index in [9.17, 15) is 57.8 Å². The summed E-state index contributed by atoms with van der Waals surface area (Å²) in [6.45, 7) is 25.6. The van der Waals surface area contributed by atoms with E-state index in [-0.39, 0.29) is 51.7 Å². The average molecular weight is 1100 g/mol. The molecule has 77 heavy (non-hydrogen) atoms. The molecule has 0 saturated heterocycles. The molecule has 0 aliphatic carbocycles. The van der Waals surface area contributed by atoms with Crippen molar-refractivity contribution in [1.82, 2.24) is 31.9 Å². The fourth-order valence-corrected chi connectivity index (χ4v) is 6.60. The third-order valence-electron chi connectivity index (χ3n) is 9.86. The molecule has 0 heterocycles. The maximum atomic E-state index is 14.5. The van der Waals surface area contributed by atoms with E-state index in [0.29, 0.717) is 19.3 Å². The minimum absolute atomic E-state index is 0.0570. The largest absolute Gasteiger partial charge is 0.466 e. The molecule has 442 valence electrons. The highest BCUT2D eigenvalue weighted by Gasteiger charge is 2.35. The van der Waals surface area contributed by atoms with Crippen molar-refractivity contribution in [3.05, 3.63) is 0 Å². The number of ether oxygens (including phenoxy) is 6. The average Bonchev–Trinajstić information content (AvgIpc) is 3.25. The highest BCUT2D eigenvalue weighted by atomic mass is 16.6. The quantitative estimate of drug-likeness (QED) is 0.0294. The molecule has 7 N–H and O–H groups in total. The van der Waals surface area contributed by atoms with Crippen molar-refractivity contribution in [2.45, 2.75) is 252 Å². The van der Waals surface area contributed by atoms with Gasteiger partial charge in [0.05, 0.1) is 6.61 Å². The van der Waals surface area contributed by atoms with Gasteiger partial charge in [-0.25, -0.2) is 14.4 Å². The number of hydrogen-bond donors (Lipinski definition) is 7. The zero-order valence-electron chi connectivity index (χ0n) is 48.6. The van der Waals surface area contributed by atoms with Gasteiger partial charge in [-0.15, -0.1) is 0 Å². The van der Waals surface area contributed by atoms with Crippen molar-refractivity contribution in [3.63, 3.8) is 0 Å². The Bertz CT molecular complexity index is 1980. The number of hydrogen-bond acceptors (Lipinski definition) is 18. The van der Waals surface area contributed by atoms with Crippen LogP contribution in [-0.2, 0) is 76.4 Å². The predicted octanol–water partition coefficient (Wildman–Crippen LogP) is 3.93. The van der Waals surface area contributed by atoms with Crippen LogP contribution in [-0.4, -0.2) is 149 Å². The predicted molar refractivity (Wildman–Crippen MR) is 281 cm³/mol. The summed E-state index contributed by atoms with van der Waals surface area (Å²) >= 11 is 0. The van der Waals surface area contributed by atoms with Crippen LogP contribution in [0.2, 0.25) is 0 Å². The molecule has 0 aromatic carbocycles. The van der Waals surface area contributed by atoms with E-state index in [1.165, 1.54) is 0 Å². The van der Waals surface area contributed by atoms with E-state index in [0.717, 1.165) is 0 Å². The lowest BCUT2D eigenvalue weighted by molar-refractivity contribution is -0.161. The first-order valence-corrected chi connectivity index (χ1v) is 26.4. The topological polar surface area (TPSA) is 336 Å². The van der Waals surface area contributed by atoms with Crippen molar-refractivity contribution < 1.29 is 86.3 Å². The van der Waals surface area contributed by atoms with Gasteiger partial charge in [-0.3, -0.25) is 38.4 Å². The smallest absolute Gasteiger partial charge is 0.407 e. The zero-order chi connectivity index (χ0) is 59.5. The van der Waals surface area contributed by atoms with Crippen LogP contribution in [0.4, 0.5) is 4.79 Å². The number of unbranched alkanes of at least 4 members (excludes halogenated alkanes) is 2. The zero-order valence-corrected chi connectivity index (χ0v) is 48.6. The Morgan fingerprint density at radius 2 is 0.766 bits per heavy atom. The van der Waals surface area contributed by atoms with Crippen LogP contribution in [0.1, 0.15) is 194 Å². The molecule has 0 rings (SSSR count). The monoisotopic (exact) mass is 1100 g/mol. The molecule has 0 spiro atoms. The van der Waals surface area contributed by atoms with Crippen LogP contribution in [0.15, 0.2) is 0 Å². The Labute approximate surface area is 454 Å². The third kappa shape index (κ3) is 36.6. The number of carbonyl (C=O) groups is 11. The summed E-state index contributed by atoms with van der Waals surface area (Å²) < 4.78 is 32.4. The second-order valence-corrected chi connectivity index (χ2v) is 23.5. The van der Waals surface area contributed by atoms with Gasteiger partial charge in [0, 0.05) is 32.2 Å². The van der Waals surface area contributed by atoms with Crippen LogP contribution in [0.5, 0.6) is 0 Å². The van der Waals surface area contributed by atoms with E-state index in [4.69, 9.17) is 28.4 Å². The Hall–Kier alpha value is -6.07. The highest BCUT2D eigenvalue weighted by Crippen LogP contribution is 2.17. The molecule has 0 aromatic rings. The maximum Gasteiger partial charge on any atom is 0.407 e. The van der Waals surface area contributed by atoms with E-state index in [1.807, 2.05) is 6.92 Å². The molecular formula is C53H92N6O18. The van der Waals surface area contributed by atoms with Crippen LogP contribution >= 0.6 is 0 Å². The molecule has 0 saturated carbocycles. The molecule has 0 aromatic heterocycles. The first-order valence-electron chi connectivity index (χ1n) is 26.4. The van der Waals surface area contributed by atoms with Gasteiger partial charge in [0.25, 0.3) is 0 Å². The molecule has 24 heteroatoms. The molecule has 0 aliphatic rings. The van der Waals surface area contributed by atoms with Gasteiger partial charge in [0.2, 0.25) is 29.5 Å². The fourth-order valence-electron chi connectivity index (χ4n) is 6.60. The summed E-state index contributed by atoms with van der Waals surface area (Å²) in [6, 6.07) is -7.61. The van der Waals surface area contributed by atoms with Gasteiger partial charge < -0.3 is 65.4 Å². The van der Waals surface area contributed by atoms with E-state index < -0.39 is 156 Å². The fraction of sp³-hybridized carbons (Fsp3) is 0.792. The van der Waals surface area contributed by atoms with Gasteiger partial charge >= 0.3 is 35.9 Å². The molecule has 0 aliphatic heterocycles. The Balaban J connectivity index is 7.23. The van der Waals surface area contributed by atoms with Gasteiger partial charge in [-0.05, 0) is 155 Å². The lowest BCUT2D eigenvalue weighted by atomic mass is 10.0. The number of esters is 5. The highest BCUT2D eigenvalue weighted by molar-refractivity contribution is 5.96. The number of alkyl carbamates (subject to hydrolysis) is 1. The summed E-state index contributed by atoms with van der Waals surface area (Å²) in [6.07, 6.45) is -2.14. The first-order chi connectivity index (χ1) is 35.2. The van der Waals surface area contributed by atoms with Crippen molar-refractivity contribution in [2.75, 3.05) is 19.8 Å². The van der Waals surface area contributed by atoms with Gasteiger partial charge in [0.15, 0.2) is 0 Å². The lowest BCUT2D eigenvalue weighted by Gasteiger charge is -2.28. The SMILES string of the molecule is CCCCOC(=O)CCC(NC(=O)C(CCCCNC(=O)OC(C)(C)C)NC(=O)CO)C(=O)NC(CCC(=O)NC(CCC(=O)OC(C)(C)C)C(=O)OC(C)(C)C)C(=O)NC(CCC(=O)OC(C)(C)C)C(=O)OC(C)(C)C. The molecule has 24 nitrogen and oxygen atoms in total. The first kappa shape index (κ1) is 70.9. The standard InChI is InChI=1S/C53H92N6O18/c1-17-18-31-72-40(63)27-23-35(58-43(66)33(55-39(62)32-60)21-19-20-30-54-48(71)77-53(14,15)16)44(67)57-34(45(68)59-37(47(70)76-52(11,12)13)25-29-42(65)74-50(5,6)7)22-26-38(61)56-36(46(69)75-51(8,9)10)24-28-41(64)73-49(2,3)4/h33-37,60H,17-32H2,1-16H3,(H,54,71)(H,55,62)(H,56,61)(H,57,67)(H,58,66)(H,59,68). The summed E-state index contributed by atoms with van der Waals surface area (Å²) in [7, 11) is 0. The van der Waals surface area contributed by atoms with Gasteiger partial charge in [-0.2, -0.15) is 0 Å². The van der Waals surface area contributed by atoms with E-state index in [1.54, 1.807) is 104 Å². The molecule has 5 atom stereocenters. The molecule has 0 bridgehead atoms. The summed E-state index contributed by atoms with van der Waals surface area (Å²) in [5.74, 6) is -8.74. The van der Waals surface area contributed by atoms with Crippen molar-refractivity contribution in [3.8, 4) is 0 Å². The molecule has 0 radical (unpaired) electrons. The minimum Gasteiger partial charge on any atom is -0.466 e. The number of aliphatic hydroxyl groups is 1.